The number of carbonyl (C=O) groups excluding carboxylic acids is 2. The summed E-state index contributed by atoms with van der Waals surface area (Å²) in [5, 5.41) is 23.8. The molecule has 2 bridgehead atoms. The van der Waals surface area contributed by atoms with Crippen LogP contribution in [0.5, 0.6) is 0 Å². The van der Waals surface area contributed by atoms with Crippen molar-refractivity contribution in [1.82, 2.24) is 4.90 Å². The van der Waals surface area contributed by atoms with E-state index >= 15 is 0 Å². The number of aliphatic hydroxyl groups is 2. The highest BCUT2D eigenvalue weighted by Crippen LogP contribution is 2.59. The predicted octanol–water partition coefficient (Wildman–Crippen LogP) is 7.58. The van der Waals surface area contributed by atoms with Crippen molar-refractivity contribution in [3.8, 4) is 0 Å². The van der Waals surface area contributed by atoms with Crippen LogP contribution in [-0.2, 0) is 22.3 Å². The highest BCUT2D eigenvalue weighted by molar-refractivity contribution is 6.31. The Morgan fingerprint density at radius 3 is 2.70 bits per heavy atom. The minimum absolute atomic E-state index is 0.0831. The van der Waals surface area contributed by atoms with Gasteiger partial charge >= 0.3 is 6.09 Å². The molecule has 2 aromatic carbocycles. The summed E-state index contributed by atoms with van der Waals surface area (Å²) >= 11 is 6.35. The van der Waals surface area contributed by atoms with Crippen molar-refractivity contribution in [3.05, 3.63) is 81.1 Å². The summed E-state index contributed by atoms with van der Waals surface area (Å²) in [5.41, 5.74) is 1.38. The van der Waals surface area contributed by atoms with Crippen LogP contribution in [0.1, 0.15) is 105 Å². The number of hydrogen-bond donors (Lipinski definition) is 2. The van der Waals surface area contributed by atoms with E-state index in [1.807, 2.05) is 18.2 Å². The molecule has 5 atom stereocenters. The van der Waals surface area contributed by atoms with Gasteiger partial charge in [0.15, 0.2) is 5.78 Å². The van der Waals surface area contributed by atoms with Gasteiger partial charge in [0.05, 0.1) is 37.5 Å². The van der Waals surface area contributed by atoms with Crippen LogP contribution in [0, 0.1) is 11.2 Å². The summed E-state index contributed by atoms with van der Waals surface area (Å²) in [5.74, 6) is -1.03. The Hall–Kier alpha value is -2.78. The first-order chi connectivity index (χ1) is 22.4. The maximum atomic E-state index is 14.9. The molecule has 2 N–H and O–H groups in total. The van der Waals surface area contributed by atoms with Crippen molar-refractivity contribution in [1.29, 1.82) is 0 Å². The van der Waals surface area contributed by atoms with E-state index in [0.717, 1.165) is 30.4 Å². The Bertz CT molecular complexity index is 1450. The SMILES string of the molecule is CCOC(=O)N(CC1CCCO1)CC1(O)CCC2c3ccc(cc3C(=O)Cc3c(F)cccc3Cl)CC(O)CCC(C)=CCCC21C. The number of benzene rings is 2. The van der Waals surface area contributed by atoms with Crippen LogP contribution in [0.3, 0.4) is 0 Å². The molecule has 4 aliphatic rings. The van der Waals surface area contributed by atoms with Crippen LogP contribution in [0.2, 0.25) is 5.02 Å². The fourth-order valence-corrected chi connectivity index (χ4v) is 8.20. The molecule has 6 rings (SSSR count). The number of carbonyl (C=O) groups is 2. The molecule has 47 heavy (non-hydrogen) atoms. The molecule has 0 aromatic heterocycles. The van der Waals surface area contributed by atoms with E-state index in [1.165, 1.54) is 17.7 Å². The molecule has 256 valence electrons. The summed E-state index contributed by atoms with van der Waals surface area (Å²) in [6, 6.07) is 10.1. The van der Waals surface area contributed by atoms with Crippen LogP contribution >= 0.6 is 11.6 Å². The van der Waals surface area contributed by atoms with Gasteiger partial charge in [-0.2, -0.15) is 0 Å². The number of halogens is 2. The first-order valence-corrected chi connectivity index (χ1v) is 17.5. The minimum Gasteiger partial charge on any atom is -0.450 e. The second-order valence-corrected chi connectivity index (χ2v) is 14.4. The van der Waals surface area contributed by atoms with Crippen LogP contribution < -0.4 is 0 Å². The van der Waals surface area contributed by atoms with Gasteiger partial charge in [0, 0.05) is 34.6 Å². The molecule has 1 heterocycles. The highest BCUT2D eigenvalue weighted by atomic mass is 35.5. The van der Waals surface area contributed by atoms with E-state index in [-0.39, 0.29) is 48.0 Å². The van der Waals surface area contributed by atoms with Gasteiger partial charge in [0.25, 0.3) is 0 Å². The number of hydrogen-bond acceptors (Lipinski definition) is 6. The second-order valence-electron chi connectivity index (χ2n) is 14.0. The van der Waals surface area contributed by atoms with E-state index in [0.29, 0.717) is 57.2 Å². The molecule has 9 heteroatoms. The molecular formula is C38H49ClFNO6. The smallest absolute Gasteiger partial charge is 0.409 e. The number of aliphatic hydroxyl groups excluding tert-OH is 1. The zero-order valence-electron chi connectivity index (χ0n) is 27.9. The number of nitrogens with zero attached hydrogens (tertiary/aromatic N) is 1. The number of amides is 1. The molecular weight excluding hydrogens is 621 g/mol. The molecule has 0 radical (unpaired) electrons. The third-order valence-electron chi connectivity index (χ3n) is 10.8. The lowest BCUT2D eigenvalue weighted by Crippen LogP contribution is -2.55. The minimum atomic E-state index is -1.29. The van der Waals surface area contributed by atoms with Crippen LogP contribution in [0.15, 0.2) is 48.0 Å². The Morgan fingerprint density at radius 1 is 1.17 bits per heavy atom. The van der Waals surface area contributed by atoms with Crippen molar-refractivity contribution >= 4 is 23.5 Å². The van der Waals surface area contributed by atoms with Gasteiger partial charge in [-0.25, -0.2) is 9.18 Å². The number of Topliss-reactive ketones (excluding diaryl/α,β-unsaturated/α-hetero) is 1. The Labute approximate surface area is 283 Å². The molecule has 2 fully saturated rings. The summed E-state index contributed by atoms with van der Waals surface area (Å²) < 4.78 is 26.2. The molecule has 7 nitrogen and oxygen atoms in total. The normalized spacial score (nSPS) is 28.0. The fourth-order valence-electron chi connectivity index (χ4n) is 7.97. The maximum absolute atomic E-state index is 14.9. The number of allylic oxidation sites excluding steroid dienone is 2. The zero-order valence-corrected chi connectivity index (χ0v) is 28.7. The van der Waals surface area contributed by atoms with E-state index in [1.54, 1.807) is 17.9 Å². The summed E-state index contributed by atoms with van der Waals surface area (Å²) in [4.78, 5) is 29.0. The van der Waals surface area contributed by atoms with E-state index in [9.17, 15) is 24.2 Å². The number of rotatable bonds is 8. The van der Waals surface area contributed by atoms with Gasteiger partial charge in [-0.1, -0.05) is 48.4 Å². The van der Waals surface area contributed by atoms with Crippen LogP contribution in [0.4, 0.5) is 9.18 Å². The Kier molecular flexibility index (Phi) is 11.5. The van der Waals surface area contributed by atoms with Crippen molar-refractivity contribution < 1.29 is 33.7 Å². The third kappa shape index (κ3) is 7.93. The van der Waals surface area contributed by atoms with E-state index in [2.05, 4.69) is 19.9 Å². The quantitative estimate of drug-likeness (QED) is 0.222. The summed E-state index contributed by atoms with van der Waals surface area (Å²) in [6.07, 6.45) is 6.61. The molecule has 0 spiro atoms. The lowest BCUT2D eigenvalue weighted by atomic mass is 9.64. The van der Waals surface area contributed by atoms with Crippen molar-refractivity contribution in [2.45, 2.75) is 109 Å². The molecule has 3 aliphatic carbocycles. The largest absolute Gasteiger partial charge is 0.450 e. The molecule has 5 unspecified atom stereocenters. The maximum Gasteiger partial charge on any atom is 0.409 e. The average molecular weight is 670 g/mol. The van der Waals surface area contributed by atoms with Crippen molar-refractivity contribution in [2.75, 3.05) is 26.3 Å². The topological polar surface area (TPSA) is 96.3 Å². The number of fused-ring (bicyclic) bond motifs is 8. The summed E-state index contributed by atoms with van der Waals surface area (Å²) in [7, 11) is 0. The highest BCUT2D eigenvalue weighted by Gasteiger charge is 2.58. The van der Waals surface area contributed by atoms with Crippen LogP contribution in [-0.4, -0.2) is 71.1 Å². The monoisotopic (exact) mass is 669 g/mol. The zero-order chi connectivity index (χ0) is 33.8. The first-order valence-electron chi connectivity index (χ1n) is 17.1. The van der Waals surface area contributed by atoms with Gasteiger partial charge in [0.2, 0.25) is 0 Å². The average Bonchev–Trinajstić information content (AvgIpc) is 3.63. The van der Waals surface area contributed by atoms with Crippen molar-refractivity contribution in [3.63, 3.8) is 0 Å². The van der Waals surface area contributed by atoms with Gasteiger partial charge in [-0.3, -0.25) is 4.79 Å². The number of ketones is 1. The lowest BCUT2D eigenvalue weighted by molar-refractivity contribution is -0.0851. The van der Waals surface area contributed by atoms with Gasteiger partial charge in [0.1, 0.15) is 5.82 Å². The predicted molar refractivity (Wildman–Crippen MR) is 180 cm³/mol. The van der Waals surface area contributed by atoms with Crippen molar-refractivity contribution in [2.24, 2.45) is 5.41 Å². The van der Waals surface area contributed by atoms with Crippen LogP contribution in [0.25, 0.3) is 0 Å². The van der Waals surface area contributed by atoms with Gasteiger partial charge in [-0.05, 0) is 107 Å². The van der Waals surface area contributed by atoms with E-state index < -0.39 is 29.0 Å². The standard InChI is InChI=1S/C38H49ClFNO6/c1-4-46-36(44)41(23-28-9-7-19-47-28)24-38(45)18-16-32-29-15-13-26(20-27(42)14-12-25(2)8-6-17-37(32,38)3)21-30(29)35(43)22-31-33(39)10-5-11-34(31)40/h5,8,10-11,13,15,21,27-28,32,42,45H,4,6-7,9,12,14,16-20,22-24H2,1-3H3. The number of ether oxygens (including phenoxy) is 2. The lowest BCUT2D eigenvalue weighted by Gasteiger charge is -2.46. The third-order valence-corrected chi connectivity index (χ3v) is 11.2. The molecule has 1 amide bonds. The first kappa shape index (κ1) is 35.5. The fraction of sp³-hybridized carbons (Fsp3) is 0.579. The van der Waals surface area contributed by atoms with Gasteiger partial charge in [-0.15, -0.1) is 0 Å². The Balaban J connectivity index is 1.56. The Morgan fingerprint density at radius 2 is 1.98 bits per heavy atom. The summed E-state index contributed by atoms with van der Waals surface area (Å²) in [6.45, 7) is 7.22. The molecule has 1 saturated carbocycles. The molecule has 2 aromatic rings. The molecule has 1 saturated heterocycles. The molecule has 1 aliphatic heterocycles. The second kappa shape index (κ2) is 15.2. The van der Waals surface area contributed by atoms with E-state index in [4.69, 9.17) is 21.1 Å². The van der Waals surface area contributed by atoms with Gasteiger partial charge < -0.3 is 24.6 Å².